The van der Waals surface area contributed by atoms with E-state index in [9.17, 15) is 9.59 Å². The van der Waals surface area contributed by atoms with Gasteiger partial charge in [0, 0.05) is 19.7 Å². The maximum absolute atomic E-state index is 11.3. The van der Waals surface area contributed by atoms with Crippen LogP contribution >= 0.6 is 31.9 Å². The van der Waals surface area contributed by atoms with Crippen LogP contribution in [0.3, 0.4) is 0 Å². The number of methoxy groups -OCH3 is 1. The molecule has 2 aromatic carbocycles. The molecule has 4 rings (SSSR count). The first kappa shape index (κ1) is 19.2. The summed E-state index contributed by atoms with van der Waals surface area (Å²) in [6.45, 7) is 0. The number of esters is 1. The van der Waals surface area contributed by atoms with E-state index in [1.165, 1.54) is 19.6 Å². The molecule has 6 nitrogen and oxygen atoms in total. The van der Waals surface area contributed by atoms with Gasteiger partial charge < -0.3 is 18.7 Å². The quantitative estimate of drug-likeness (QED) is 0.349. The lowest BCUT2D eigenvalue weighted by Gasteiger charge is -1.95. The van der Waals surface area contributed by atoms with E-state index in [4.69, 9.17) is 13.9 Å². The largest absolute Gasteiger partial charge is 0.478 e. The molecule has 27 heavy (non-hydrogen) atoms. The molecular formula is C19H12Br2O6. The van der Waals surface area contributed by atoms with Gasteiger partial charge in [-0.15, -0.1) is 0 Å². The number of ether oxygens (including phenoxy) is 1. The predicted molar refractivity (Wildman–Crippen MR) is 106 cm³/mol. The number of aromatic carboxylic acids is 1. The molecule has 2 aromatic heterocycles. The van der Waals surface area contributed by atoms with Crippen molar-refractivity contribution in [1.82, 2.24) is 0 Å². The standard InChI is InChI=1S/C10H7BrO3.C9H5BrO3/c1-13-10(12)8-5-14-9-3-2-6(11)4-7(8)9;10-5-1-2-8-6(3-5)7(4-13-8)9(11)12/h2-5H,1H3;1-4H,(H,11,12). The first-order valence-corrected chi connectivity index (χ1v) is 9.14. The van der Waals surface area contributed by atoms with Crippen molar-refractivity contribution in [3.8, 4) is 0 Å². The van der Waals surface area contributed by atoms with Gasteiger partial charge in [-0.2, -0.15) is 0 Å². The van der Waals surface area contributed by atoms with E-state index >= 15 is 0 Å². The minimum atomic E-state index is -0.975. The highest BCUT2D eigenvalue weighted by Gasteiger charge is 2.14. The van der Waals surface area contributed by atoms with Gasteiger partial charge in [0.25, 0.3) is 0 Å². The molecular weight excluding hydrogens is 484 g/mol. The van der Waals surface area contributed by atoms with Crippen LogP contribution in [0.15, 0.2) is 66.7 Å². The molecule has 0 aliphatic heterocycles. The molecule has 0 aliphatic rings. The molecule has 0 atom stereocenters. The highest BCUT2D eigenvalue weighted by Crippen LogP contribution is 2.26. The summed E-state index contributed by atoms with van der Waals surface area (Å²) in [7, 11) is 1.35. The Labute approximate surface area is 170 Å². The van der Waals surface area contributed by atoms with Crippen molar-refractivity contribution in [2.24, 2.45) is 0 Å². The number of carbonyl (C=O) groups excluding carboxylic acids is 1. The van der Waals surface area contributed by atoms with Crippen LogP contribution in [0.25, 0.3) is 21.9 Å². The lowest BCUT2D eigenvalue weighted by Crippen LogP contribution is -1.99. The van der Waals surface area contributed by atoms with Gasteiger partial charge in [-0.1, -0.05) is 31.9 Å². The second kappa shape index (κ2) is 7.98. The van der Waals surface area contributed by atoms with Gasteiger partial charge in [0.05, 0.1) is 7.11 Å². The third-order valence-corrected chi connectivity index (χ3v) is 4.69. The second-order valence-corrected chi connectivity index (χ2v) is 7.21. The zero-order valence-corrected chi connectivity index (χ0v) is 17.0. The SMILES string of the molecule is COC(=O)c1coc2ccc(Br)cc12.O=C(O)c1coc2ccc(Br)cc12. The molecule has 0 spiro atoms. The summed E-state index contributed by atoms with van der Waals surface area (Å²) < 4.78 is 16.6. The van der Waals surface area contributed by atoms with Gasteiger partial charge in [-0.25, -0.2) is 9.59 Å². The first-order chi connectivity index (χ1) is 12.9. The summed E-state index contributed by atoms with van der Waals surface area (Å²) >= 11 is 6.59. The number of carboxylic acids is 1. The number of hydrogen-bond donors (Lipinski definition) is 1. The van der Waals surface area contributed by atoms with Crippen LogP contribution in [0.4, 0.5) is 0 Å². The number of fused-ring (bicyclic) bond motifs is 2. The van der Waals surface area contributed by atoms with Crippen LogP contribution in [-0.2, 0) is 4.74 Å². The molecule has 0 saturated carbocycles. The number of furan rings is 2. The maximum Gasteiger partial charge on any atom is 0.341 e. The summed E-state index contributed by atoms with van der Waals surface area (Å²) in [6.07, 6.45) is 2.66. The average molecular weight is 496 g/mol. The highest BCUT2D eigenvalue weighted by molar-refractivity contribution is 9.10. The number of carbonyl (C=O) groups is 2. The molecule has 4 aromatic rings. The predicted octanol–water partition coefficient (Wildman–Crippen LogP) is 5.88. The van der Waals surface area contributed by atoms with Crippen molar-refractivity contribution in [1.29, 1.82) is 0 Å². The van der Waals surface area contributed by atoms with Gasteiger partial charge >= 0.3 is 11.9 Å². The fourth-order valence-corrected chi connectivity index (χ4v) is 3.16. The molecule has 138 valence electrons. The van der Waals surface area contributed by atoms with Crippen molar-refractivity contribution in [3.05, 3.63) is 69.0 Å². The van der Waals surface area contributed by atoms with E-state index in [0.717, 1.165) is 14.3 Å². The van der Waals surface area contributed by atoms with E-state index in [2.05, 4.69) is 36.6 Å². The Bertz CT molecular complexity index is 1140. The van der Waals surface area contributed by atoms with Crippen LogP contribution < -0.4 is 0 Å². The molecule has 0 aliphatic carbocycles. The molecule has 2 heterocycles. The Balaban J connectivity index is 0.000000156. The Kier molecular flexibility index (Phi) is 5.67. The minimum Gasteiger partial charge on any atom is -0.478 e. The summed E-state index contributed by atoms with van der Waals surface area (Å²) in [6, 6.07) is 10.7. The van der Waals surface area contributed by atoms with Crippen molar-refractivity contribution in [3.63, 3.8) is 0 Å². The molecule has 8 heteroatoms. The molecule has 0 fully saturated rings. The van der Waals surface area contributed by atoms with Crippen LogP contribution in [0.1, 0.15) is 20.7 Å². The Morgan fingerprint density at radius 2 is 1.37 bits per heavy atom. The third kappa shape index (κ3) is 4.06. The lowest BCUT2D eigenvalue weighted by molar-refractivity contribution is 0.0601. The maximum atomic E-state index is 11.3. The van der Waals surface area contributed by atoms with Crippen molar-refractivity contribution in [2.45, 2.75) is 0 Å². The van der Waals surface area contributed by atoms with Gasteiger partial charge in [0.15, 0.2) is 0 Å². The average Bonchev–Trinajstić information content (AvgIpc) is 3.25. The monoisotopic (exact) mass is 494 g/mol. The van der Waals surface area contributed by atoms with Crippen LogP contribution in [-0.4, -0.2) is 24.2 Å². The summed E-state index contributed by atoms with van der Waals surface area (Å²) in [5.41, 5.74) is 1.90. The molecule has 0 amide bonds. The second-order valence-electron chi connectivity index (χ2n) is 5.38. The summed E-state index contributed by atoms with van der Waals surface area (Å²) in [4.78, 5) is 22.0. The molecule has 0 unspecified atom stereocenters. The normalized spacial score (nSPS) is 10.5. The van der Waals surface area contributed by atoms with E-state index in [1.54, 1.807) is 24.3 Å². The first-order valence-electron chi connectivity index (χ1n) is 7.56. The van der Waals surface area contributed by atoms with E-state index < -0.39 is 5.97 Å². The minimum absolute atomic E-state index is 0.191. The van der Waals surface area contributed by atoms with Gasteiger partial charge in [0.2, 0.25) is 0 Å². The zero-order chi connectivity index (χ0) is 19.6. The number of rotatable bonds is 2. The Morgan fingerprint density at radius 1 is 0.889 bits per heavy atom. The lowest BCUT2D eigenvalue weighted by atomic mass is 10.2. The molecule has 0 saturated heterocycles. The van der Waals surface area contributed by atoms with E-state index in [1.807, 2.05) is 12.1 Å². The summed E-state index contributed by atoms with van der Waals surface area (Å²) in [5, 5.41) is 10.2. The third-order valence-electron chi connectivity index (χ3n) is 3.71. The number of carboxylic acid groups (broad SMARTS) is 1. The van der Waals surface area contributed by atoms with Crippen molar-refractivity contribution >= 4 is 65.7 Å². The smallest absolute Gasteiger partial charge is 0.341 e. The highest BCUT2D eigenvalue weighted by atomic mass is 79.9. The van der Waals surface area contributed by atoms with Crippen LogP contribution in [0.2, 0.25) is 0 Å². The van der Waals surface area contributed by atoms with E-state index in [-0.39, 0.29) is 11.5 Å². The molecule has 0 bridgehead atoms. The zero-order valence-electron chi connectivity index (χ0n) is 13.9. The van der Waals surface area contributed by atoms with Crippen molar-refractivity contribution < 1.29 is 28.3 Å². The molecule has 0 radical (unpaired) electrons. The number of benzene rings is 2. The fraction of sp³-hybridized carbons (Fsp3) is 0.0526. The van der Waals surface area contributed by atoms with Gasteiger partial charge in [-0.3, -0.25) is 0 Å². The van der Waals surface area contributed by atoms with E-state index in [0.29, 0.717) is 22.1 Å². The van der Waals surface area contributed by atoms with Crippen LogP contribution in [0, 0.1) is 0 Å². The van der Waals surface area contributed by atoms with Gasteiger partial charge in [0.1, 0.15) is 34.8 Å². The van der Waals surface area contributed by atoms with Crippen molar-refractivity contribution in [2.75, 3.05) is 7.11 Å². The van der Waals surface area contributed by atoms with Gasteiger partial charge in [-0.05, 0) is 36.4 Å². The summed E-state index contributed by atoms with van der Waals surface area (Å²) in [5.74, 6) is -1.36. The Morgan fingerprint density at radius 3 is 1.85 bits per heavy atom. The van der Waals surface area contributed by atoms with Crippen LogP contribution in [0.5, 0.6) is 0 Å². The number of halogens is 2. The number of hydrogen-bond acceptors (Lipinski definition) is 5. The molecule has 1 N–H and O–H groups in total. The Hall–Kier alpha value is -2.58. The fourth-order valence-electron chi connectivity index (χ4n) is 2.44. The topological polar surface area (TPSA) is 89.9 Å².